The number of nitrogens with two attached hydrogens (primary N) is 1. The van der Waals surface area contributed by atoms with Crippen LogP contribution in [0.25, 0.3) is 0 Å². The normalized spacial score (nSPS) is 10.8. The second-order valence-electron chi connectivity index (χ2n) is 4.13. The van der Waals surface area contributed by atoms with Gasteiger partial charge in [-0.3, -0.25) is 4.68 Å². The quantitative estimate of drug-likeness (QED) is 0.851. The summed E-state index contributed by atoms with van der Waals surface area (Å²) in [4.78, 5) is 0. The third kappa shape index (κ3) is 2.79. The maximum absolute atomic E-state index is 5.89. The molecular weight excluding hydrogens is 280 g/mol. The second-order valence-corrected chi connectivity index (χ2v) is 5.05. The smallest absolute Gasteiger partial charge is 0.152 e. The van der Waals surface area contributed by atoms with Crippen molar-refractivity contribution in [3.05, 3.63) is 34.9 Å². The highest BCUT2D eigenvalue weighted by atomic mass is 79.9. The molecule has 0 aliphatic rings. The van der Waals surface area contributed by atoms with Gasteiger partial charge in [0.15, 0.2) is 5.82 Å². The van der Waals surface area contributed by atoms with Gasteiger partial charge >= 0.3 is 0 Å². The van der Waals surface area contributed by atoms with Crippen LogP contribution in [-0.2, 0) is 0 Å². The maximum Gasteiger partial charge on any atom is 0.152 e. The average Bonchev–Trinajstić information content (AvgIpc) is 2.72. The molecule has 0 saturated heterocycles. The summed E-state index contributed by atoms with van der Waals surface area (Å²) >= 11 is 3.42. The highest BCUT2D eigenvalue weighted by molar-refractivity contribution is 9.10. The first-order valence-electron chi connectivity index (χ1n) is 5.43. The van der Waals surface area contributed by atoms with Crippen LogP contribution in [0.3, 0.4) is 0 Å². The lowest BCUT2D eigenvalue weighted by Crippen LogP contribution is -2.02. The molecule has 0 bridgehead atoms. The number of rotatable bonds is 3. The second kappa shape index (κ2) is 4.79. The first kappa shape index (κ1) is 12.0. The van der Waals surface area contributed by atoms with E-state index in [4.69, 9.17) is 5.73 Å². The molecule has 2 aromatic rings. The fourth-order valence-corrected chi connectivity index (χ4v) is 1.83. The molecule has 0 saturated carbocycles. The molecule has 0 amide bonds. The fraction of sp³-hybridized carbons (Fsp3) is 0.250. The van der Waals surface area contributed by atoms with Gasteiger partial charge in [-0.25, -0.2) is 0 Å². The summed E-state index contributed by atoms with van der Waals surface area (Å²) in [5, 5.41) is 7.61. The van der Waals surface area contributed by atoms with Gasteiger partial charge in [-0.2, -0.15) is 5.10 Å². The van der Waals surface area contributed by atoms with E-state index in [-0.39, 0.29) is 0 Å². The number of hydrogen-bond donors (Lipinski definition) is 2. The van der Waals surface area contributed by atoms with Crippen LogP contribution >= 0.6 is 15.9 Å². The first-order valence-corrected chi connectivity index (χ1v) is 6.23. The third-order valence-corrected chi connectivity index (χ3v) is 2.91. The van der Waals surface area contributed by atoms with Gasteiger partial charge in [-0.1, -0.05) is 15.9 Å². The summed E-state index contributed by atoms with van der Waals surface area (Å²) in [7, 11) is 0. The fourth-order valence-electron chi connectivity index (χ4n) is 1.47. The van der Waals surface area contributed by atoms with Crippen LogP contribution in [0.2, 0.25) is 0 Å². The number of nitrogens with zero attached hydrogens (tertiary/aromatic N) is 2. The molecule has 4 nitrogen and oxygen atoms in total. The highest BCUT2D eigenvalue weighted by Gasteiger charge is 2.04. The van der Waals surface area contributed by atoms with Crippen molar-refractivity contribution >= 4 is 33.1 Å². The summed E-state index contributed by atoms with van der Waals surface area (Å²) in [6.45, 7) is 4.18. The molecule has 1 heterocycles. The van der Waals surface area contributed by atoms with Crippen molar-refractivity contribution in [1.29, 1.82) is 0 Å². The Kier molecular flexibility index (Phi) is 3.38. The standard InChI is InChI=1S/C12H15BrN4/c1-8(2)17-6-5-12(16-17)15-11-7-9(13)3-4-10(11)14/h3-8H,14H2,1-2H3,(H,15,16). The molecule has 17 heavy (non-hydrogen) atoms. The topological polar surface area (TPSA) is 55.9 Å². The predicted molar refractivity (Wildman–Crippen MR) is 74.4 cm³/mol. The Balaban J connectivity index is 2.22. The number of halogens is 1. The monoisotopic (exact) mass is 294 g/mol. The summed E-state index contributed by atoms with van der Waals surface area (Å²) in [6, 6.07) is 7.98. The highest BCUT2D eigenvalue weighted by Crippen LogP contribution is 2.26. The predicted octanol–water partition coefficient (Wildman–Crippen LogP) is 3.55. The molecule has 0 fully saturated rings. The van der Waals surface area contributed by atoms with Gasteiger partial charge in [0.1, 0.15) is 0 Å². The van der Waals surface area contributed by atoms with Gasteiger partial charge in [0, 0.05) is 22.8 Å². The SMILES string of the molecule is CC(C)n1ccc(Nc2cc(Br)ccc2N)n1. The molecule has 5 heteroatoms. The van der Waals surface area contributed by atoms with Crippen LogP contribution in [0.15, 0.2) is 34.9 Å². The molecule has 3 N–H and O–H groups in total. The molecule has 0 radical (unpaired) electrons. The van der Waals surface area contributed by atoms with Gasteiger partial charge in [0.2, 0.25) is 0 Å². The van der Waals surface area contributed by atoms with Crippen molar-refractivity contribution in [3.63, 3.8) is 0 Å². The van der Waals surface area contributed by atoms with Crippen molar-refractivity contribution in [2.24, 2.45) is 0 Å². The van der Waals surface area contributed by atoms with Crippen molar-refractivity contribution in [1.82, 2.24) is 9.78 Å². The zero-order valence-electron chi connectivity index (χ0n) is 9.81. The third-order valence-electron chi connectivity index (χ3n) is 2.42. The molecule has 1 aromatic heterocycles. The van der Waals surface area contributed by atoms with E-state index in [1.165, 1.54) is 0 Å². The maximum atomic E-state index is 5.89. The van der Waals surface area contributed by atoms with Gasteiger partial charge in [-0.15, -0.1) is 0 Å². The molecule has 0 aliphatic carbocycles. The van der Waals surface area contributed by atoms with E-state index in [9.17, 15) is 0 Å². The van der Waals surface area contributed by atoms with Crippen LogP contribution in [0, 0.1) is 0 Å². The number of aromatic nitrogens is 2. The number of hydrogen-bond acceptors (Lipinski definition) is 3. The summed E-state index contributed by atoms with van der Waals surface area (Å²) < 4.78 is 2.88. The van der Waals surface area contributed by atoms with Crippen LogP contribution in [0.5, 0.6) is 0 Å². The minimum absolute atomic E-state index is 0.352. The van der Waals surface area contributed by atoms with Crippen LogP contribution in [0.4, 0.5) is 17.2 Å². The van der Waals surface area contributed by atoms with Gasteiger partial charge in [-0.05, 0) is 32.0 Å². The van der Waals surface area contributed by atoms with E-state index in [0.29, 0.717) is 11.7 Å². The van der Waals surface area contributed by atoms with Gasteiger partial charge < -0.3 is 11.1 Å². The lowest BCUT2D eigenvalue weighted by molar-refractivity contribution is 0.534. The van der Waals surface area contributed by atoms with Gasteiger partial charge in [0.05, 0.1) is 11.4 Å². The number of nitrogens with one attached hydrogen (secondary N) is 1. The summed E-state index contributed by atoms with van der Waals surface area (Å²) in [5.74, 6) is 0.795. The van der Waals surface area contributed by atoms with E-state index in [1.807, 2.05) is 35.1 Å². The minimum atomic E-state index is 0.352. The Hall–Kier alpha value is -1.49. The number of benzene rings is 1. The van der Waals surface area contributed by atoms with E-state index in [0.717, 1.165) is 16.0 Å². The molecule has 1 aromatic carbocycles. The zero-order valence-corrected chi connectivity index (χ0v) is 11.4. The van der Waals surface area contributed by atoms with E-state index in [1.54, 1.807) is 0 Å². The Labute approximate surface area is 109 Å². The molecule has 0 spiro atoms. The van der Waals surface area contributed by atoms with Crippen LogP contribution in [-0.4, -0.2) is 9.78 Å². The average molecular weight is 295 g/mol. The molecule has 0 aliphatic heterocycles. The number of anilines is 3. The Bertz CT molecular complexity index is 519. The molecule has 0 atom stereocenters. The van der Waals surface area contributed by atoms with Crippen molar-refractivity contribution in [2.45, 2.75) is 19.9 Å². The van der Waals surface area contributed by atoms with E-state index >= 15 is 0 Å². The van der Waals surface area contributed by atoms with Crippen molar-refractivity contribution in [3.8, 4) is 0 Å². The van der Waals surface area contributed by atoms with Gasteiger partial charge in [0.25, 0.3) is 0 Å². The lowest BCUT2D eigenvalue weighted by Gasteiger charge is -2.08. The van der Waals surface area contributed by atoms with E-state index in [2.05, 4.69) is 40.2 Å². The minimum Gasteiger partial charge on any atom is -0.397 e. The summed E-state index contributed by atoms with van der Waals surface area (Å²) in [6.07, 6.45) is 1.95. The molecule has 0 unspecified atom stereocenters. The molecule has 2 rings (SSSR count). The molecule has 90 valence electrons. The Morgan fingerprint density at radius 1 is 1.35 bits per heavy atom. The number of nitrogen functional groups attached to an aromatic ring is 1. The van der Waals surface area contributed by atoms with Crippen molar-refractivity contribution < 1.29 is 0 Å². The molecular formula is C12H15BrN4. The van der Waals surface area contributed by atoms with Crippen LogP contribution in [0.1, 0.15) is 19.9 Å². The first-order chi connectivity index (χ1) is 8.06. The lowest BCUT2D eigenvalue weighted by atomic mass is 10.3. The van der Waals surface area contributed by atoms with Crippen LogP contribution < -0.4 is 11.1 Å². The van der Waals surface area contributed by atoms with Crippen molar-refractivity contribution in [2.75, 3.05) is 11.1 Å². The zero-order chi connectivity index (χ0) is 12.4. The Morgan fingerprint density at radius 3 is 2.76 bits per heavy atom. The Morgan fingerprint density at radius 2 is 2.12 bits per heavy atom. The summed E-state index contributed by atoms with van der Waals surface area (Å²) in [5.41, 5.74) is 7.44. The largest absolute Gasteiger partial charge is 0.397 e. The van der Waals surface area contributed by atoms with E-state index < -0.39 is 0 Å².